The van der Waals surface area contributed by atoms with E-state index in [2.05, 4.69) is 4.74 Å². The maximum absolute atomic E-state index is 12.4. The van der Waals surface area contributed by atoms with Crippen LogP contribution in [0.15, 0.2) is 11.4 Å². The van der Waals surface area contributed by atoms with E-state index in [0.717, 1.165) is 11.3 Å². The summed E-state index contributed by atoms with van der Waals surface area (Å²) in [5, 5.41) is 10.8. The van der Waals surface area contributed by atoms with Crippen molar-refractivity contribution in [1.29, 1.82) is 0 Å². The van der Waals surface area contributed by atoms with Gasteiger partial charge < -0.3 is 19.5 Å². The minimum atomic E-state index is -3.02. The van der Waals surface area contributed by atoms with Crippen LogP contribution in [-0.2, 0) is 9.53 Å². The van der Waals surface area contributed by atoms with Crippen molar-refractivity contribution in [2.75, 3.05) is 26.8 Å². The van der Waals surface area contributed by atoms with Crippen molar-refractivity contribution in [3.8, 4) is 5.75 Å². The zero-order valence-electron chi connectivity index (χ0n) is 11.8. The number of amides is 1. The number of ether oxygens (including phenoxy) is 2. The van der Waals surface area contributed by atoms with Gasteiger partial charge in [0.05, 0.1) is 6.61 Å². The van der Waals surface area contributed by atoms with Crippen LogP contribution in [0.5, 0.6) is 5.75 Å². The molecule has 2 heterocycles. The first-order chi connectivity index (χ1) is 10.4. The number of hydrogen-bond donors (Lipinski definition) is 1. The van der Waals surface area contributed by atoms with Gasteiger partial charge in [-0.25, -0.2) is 0 Å². The molecule has 0 radical (unpaired) electrons. The van der Waals surface area contributed by atoms with Gasteiger partial charge in [-0.1, -0.05) is 0 Å². The number of rotatable bonds is 6. The monoisotopic (exact) mass is 335 g/mol. The first-order valence-corrected chi connectivity index (χ1v) is 7.31. The predicted molar refractivity (Wildman–Crippen MR) is 73.4 cm³/mol. The van der Waals surface area contributed by atoms with E-state index in [1.54, 1.807) is 0 Å². The van der Waals surface area contributed by atoms with Crippen LogP contribution in [0.4, 0.5) is 8.78 Å². The minimum Gasteiger partial charge on any atom is -0.481 e. The van der Waals surface area contributed by atoms with Crippen molar-refractivity contribution < 1.29 is 33.0 Å². The summed E-state index contributed by atoms with van der Waals surface area (Å²) in [4.78, 5) is 25.2. The lowest BCUT2D eigenvalue weighted by Crippen LogP contribution is -2.40. The number of hydrogen-bond acceptors (Lipinski definition) is 5. The maximum Gasteiger partial charge on any atom is 0.387 e. The molecule has 1 amide bonds. The standard InChI is InChI=1S/C13H15F2NO5S/c1-20-7-13(11(18)19)3-4-16(6-13)10(17)9-8(2-5-22-9)21-12(14)15/h2,5,12H,3-4,6-7H2,1H3,(H,18,19). The molecule has 1 N–H and O–H groups in total. The van der Waals surface area contributed by atoms with E-state index in [1.807, 2.05) is 0 Å². The molecule has 0 aromatic carbocycles. The third-order valence-corrected chi connectivity index (χ3v) is 4.44. The van der Waals surface area contributed by atoms with Gasteiger partial charge in [0.25, 0.3) is 5.91 Å². The molecule has 1 aromatic heterocycles. The van der Waals surface area contributed by atoms with E-state index in [9.17, 15) is 23.5 Å². The molecule has 22 heavy (non-hydrogen) atoms. The zero-order valence-corrected chi connectivity index (χ0v) is 12.6. The van der Waals surface area contributed by atoms with Crippen molar-refractivity contribution in [2.24, 2.45) is 5.41 Å². The number of carboxylic acids is 1. The number of methoxy groups -OCH3 is 1. The molecule has 122 valence electrons. The lowest BCUT2D eigenvalue weighted by atomic mass is 9.88. The molecule has 1 aliphatic heterocycles. The Balaban J connectivity index is 2.15. The molecule has 1 unspecified atom stereocenters. The van der Waals surface area contributed by atoms with Crippen LogP contribution in [0.1, 0.15) is 16.1 Å². The van der Waals surface area contributed by atoms with Gasteiger partial charge in [-0.3, -0.25) is 9.59 Å². The quantitative estimate of drug-likeness (QED) is 0.859. The summed E-state index contributed by atoms with van der Waals surface area (Å²) < 4.78 is 33.9. The summed E-state index contributed by atoms with van der Waals surface area (Å²) in [7, 11) is 1.39. The second-order valence-corrected chi connectivity index (χ2v) is 5.90. The van der Waals surface area contributed by atoms with Crippen molar-refractivity contribution >= 4 is 23.2 Å². The molecule has 0 spiro atoms. The molecule has 1 saturated heterocycles. The van der Waals surface area contributed by atoms with E-state index < -0.39 is 23.9 Å². The Morgan fingerprint density at radius 1 is 1.55 bits per heavy atom. The molecule has 0 aliphatic carbocycles. The third-order valence-electron chi connectivity index (χ3n) is 3.55. The highest BCUT2D eigenvalue weighted by atomic mass is 32.1. The number of alkyl halides is 2. The van der Waals surface area contributed by atoms with E-state index >= 15 is 0 Å². The number of halogens is 2. The van der Waals surface area contributed by atoms with Crippen LogP contribution in [0, 0.1) is 5.41 Å². The Morgan fingerprint density at radius 2 is 2.27 bits per heavy atom. The van der Waals surface area contributed by atoms with Crippen LogP contribution >= 0.6 is 11.3 Å². The normalized spacial score (nSPS) is 21.4. The fourth-order valence-corrected chi connectivity index (χ4v) is 3.25. The number of nitrogens with zero attached hydrogens (tertiary/aromatic N) is 1. The van der Waals surface area contributed by atoms with Crippen LogP contribution in [0.25, 0.3) is 0 Å². The summed E-state index contributed by atoms with van der Waals surface area (Å²) in [5.41, 5.74) is -1.16. The topological polar surface area (TPSA) is 76.1 Å². The fourth-order valence-electron chi connectivity index (χ4n) is 2.46. The van der Waals surface area contributed by atoms with Crippen molar-refractivity contribution in [1.82, 2.24) is 4.90 Å². The van der Waals surface area contributed by atoms with Gasteiger partial charge in [0.2, 0.25) is 0 Å². The molecular weight excluding hydrogens is 320 g/mol. The van der Waals surface area contributed by atoms with Gasteiger partial charge in [0.1, 0.15) is 16.0 Å². The predicted octanol–water partition coefficient (Wildman–Crippen LogP) is 1.91. The average Bonchev–Trinajstić information content (AvgIpc) is 3.05. The number of thiophene rings is 1. The van der Waals surface area contributed by atoms with Crippen LogP contribution in [0.3, 0.4) is 0 Å². The Morgan fingerprint density at radius 3 is 2.86 bits per heavy atom. The summed E-state index contributed by atoms with van der Waals surface area (Å²) in [5.74, 6) is -1.74. The number of carbonyl (C=O) groups is 2. The lowest BCUT2D eigenvalue weighted by molar-refractivity contribution is -0.151. The van der Waals surface area contributed by atoms with Crippen LogP contribution < -0.4 is 4.74 Å². The van der Waals surface area contributed by atoms with E-state index in [4.69, 9.17) is 4.74 Å². The zero-order chi connectivity index (χ0) is 16.3. The number of carboxylic acid groups (broad SMARTS) is 1. The molecule has 9 heteroatoms. The number of aliphatic carboxylic acids is 1. The Kier molecular flexibility index (Phi) is 4.97. The van der Waals surface area contributed by atoms with Crippen LogP contribution in [-0.4, -0.2) is 55.3 Å². The first kappa shape index (κ1) is 16.6. The first-order valence-electron chi connectivity index (χ1n) is 6.43. The lowest BCUT2D eigenvalue weighted by Gasteiger charge is -2.23. The van der Waals surface area contributed by atoms with E-state index in [0.29, 0.717) is 0 Å². The Bertz CT molecular complexity index is 564. The highest BCUT2D eigenvalue weighted by Gasteiger charge is 2.47. The van der Waals surface area contributed by atoms with Gasteiger partial charge in [-0.15, -0.1) is 11.3 Å². The van der Waals surface area contributed by atoms with Crippen molar-refractivity contribution in [2.45, 2.75) is 13.0 Å². The van der Waals surface area contributed by atoms with Crippen molar-refractivity contribution in [3.63, 3.8) is 0 Å². The second kappa shape index (κ2) is 6.57. The van der Waals surface area contributed by atoms with Gasteiger partial charge in [-0.2, -0.15) is 8.78 Å². The summed E-state index contributed by atoms with van der Waals surface area (Å²) >= 11 is 0.980. The minimum absolute atomic E-state index is 0.0169. The summed E-state index contributed by atoms with van der Waals surface area (Å²) in [6.07, 6.45) is 0.248. The Hall–Kier alpha value is -1.74. The third kappa shape index (κ3) is 3.20. The van der Waals surface area contributed by atoms with Crippen molar-refractivity contribution in [3.05, 3.63) is 16.3 Å². The number of carbonyl (C=O) groups excluding carboxylic acids is 1. The fraction of sp³-hybridized carbons (Fsp3) is 0.538. The molecule has 6 nitrogen and oxygen atoms in total. The average molecular weight is 335 g/mol. The molecular formula is C13H15F2NO5S. The molecule has 0 saturated carbocycles. The molecule has 1 aliphatic rings. The maximum atomic E-state index is 12.4. The van der Waals surface area contributed by atoms with Gasteiger partial charge in [0.15, 0.2) is 0 Å². The van der Waals surface area contributed by atoms with E-state index in [1.165, 1.54) is 23.5 Å². The molecule has 1 atom stereocenters. The molecule has 1 fully saturated rings. The highest BCUT2D eigenvalue weighted by molar-refractivity contribution is 7.12. The highest BCUT2D eigenvalue weighted by Crippen LogP contribution is 2.35. The second-order valence-electron chi connectivity index (χ2n) is 4.99. The van der Waals surface area contributed by atoms with Gasteiger partial charge in [0, 0.05) is 20.2 Å². The Labute approximate surface area is 129 Å². The smallest absolute Gasteiger partial charge is 0.387 e. The molecule has 2 rings (SSSR count). The summed E-state index contributed by atoms with van der Waals surface area (Å²) in [6.45, 7) is -2.84. The van der Waals surface area contributed by atoms with Crippen LogP contribution in [0.2, 0.25) is 0 Å². The summed E-state index contributed by atoms with van der Waals surface area (Å²) in [6, 6.07) is 1.29. The molecule has 0 bridgehead atoms. The van der Waals surface area contributed by atoms with E-state index in [-0.39, 0.29) is 36.7 Å². The molecule has 1 aromatic rings. The SMILES string of the molecule is COCC1(C(=O)O)CCN(C(=O)c2sccc2OC(F)F)C1. The van der Waals surface area contributed by atoms with Gasteiger partial charge in [-0.05, 0) is 17.9 Å². The van der Waals surface area contributed by atoms with Gasteiger partial charge >= 0.3 is 12.6 Å². The largest absolute Gasteiger partial charge is 0.481 e. The number of likely N-dealkylation sites (tertiary alicyclic amines) is 1.